The Morgan fingerprint density at radius 3 is 3.00 bits per heavy atom. The fraction of sp³-hybridized carbons (Fsp3) is 0.727. The molecule has 0 amide bonds. The van der Waals surface area contributed by atoms with Crippen LogP contribution in [-0.4, -0.2) is 27.6 Å². The van der Waals surface area contributed by atoms with Gasteiger partial charge in [0.2, 0.25) is 5.95 Å². The first-order valence-corrected chi connectivity index (χ1v) is 6.81. The minimum atomic E-state index is 0.634. The summed E-state index contributed by atoms with van der Waals surface area (Å²) >= 11 is 1.88. The Labute approximate surface area is 95.7 Å². The number of aromatic nitrogens is 2. The SMILES string of the molecule is CSC(C)CNc1nc(C)cn1C1CC1. The van der Waals surface area contributed by atoms with E-state index in [-0.39, 0.29) is 0 Å². The van der Waals surface area contributed by atoms with Crippen LogP contribution in [0.15, 0.2) is 6.20 Å². The number of thioether (sulfide) groups is 1. The molecule has 2 rings (SSSR count). The van der Waals surface area contributed by atoms with Gasteiger partial charge in [-0.15, -0.1) is 0 Å². The molecule has 1 fully saturated rings. The molecule has 0 aromatic carbocycles. The second-order valence-electron chi connectivity index (χ2n) is 4.27. The topological polar surface area (TPSA) is 29.9 Å². The van der Waals surface area contributed by atoms with Crippen LogP contribution < -0.4 is 5.32 Å². The highest BCUT2D eigenvalue weighted by Crippen LogP contribution is 2.37. The lowest BCUT2D eigenvalue weighted by Gasteiger charge is -2.11. The van der Waals surface area contributed by atoms with Crippen molar-refractivity contribution >= 4 is 17.7 Å². The number of nitrogens with one attached hydrogen (secondary N) is 1. The summed E-state index contributed by atoms with van der Waals surface area (Å²) in [5, 5.41) is 4.07. The molecule has 1 heterocycles. The van der Waals surface area contributed by atoms with Crippen molar-refractivity contribution in [3.63, 3.8) is 0 Å². The Morgan fingerprint density at radius 2 is 2.40 bits per heavy atom. The van der Waals surface area contributed by atoms with Gasteiger partial charge < -0.3 is 9.88 Å². The molecular formula is C11H19N3S. The van der Waals surface area contributed by atoms with Crippen LogP contribution in [0.4, 0.5) is 5.95 Å². The monoisotopic (exact) mass is 225 g/mol. The van der Waals surface area contributed by atoms with Crippen molar-refractivity contribution in [2.75, 3.05) is 18.1 Å². The van der Waals surface area contributed by atoms with E-state index in [0.717, 1.165) is 18.2 Å². The zero-order valence-corrected chi connectivity index (χ0v) is 10.5. The van der Waals surface area contributed by atoms with E-state index in [4.69, 9.17) is 0 Å². The fourth-order valence-corrected chi connectivity index (χ4v) is 1.85. The lowest BCUT2D eigenvalue weighted by atomic mass is 10.5. The second kappa shape index (κ2) is 4.47. The molecule has 1 N–H and O–H groups in total. The van der Waals surface area contributed by atoms with Gasteiger partial charge in [0.25, 0.3) is 0 Å². The number of nitrogens with zero attached hydrogens (tertiary/aromatic N) is 2. The summed E-state index contributed by atoms with van der Waals surface area (Å²) in [5.41, 5.74) is 1.11. The minimum absolute atomic E-state index is 0.634. The predicted octanol–water partition coefficient (Wildman–Crippen LogP) is 2.69. The highest BCUT2D eigenvalue weighted by Gasteiger charge is 2.26. The average Bonchev–Trinajstić information content (AvgIpc) is 2.99. The van der Waals surface area contributed by atoms with Gasteiger partial charge in [-0.25, -0.2) is 4.98 Å². The summed E-state index contributed by atoms with van der Waals surface area (Å²) in [6.45, 7) is 5.28. The van der Waals surface area contributed by atoms with Gasteiger partial charge in [-0.1, -0.05) is 6.92 Å². The van der Waals surface area contributed by atoms with Crippen molar-refractivity contribution in [2.24, 2.45) is 0 Å². The van der Waals surface area contributed by atoms with E-state index in [0.29, 0.717) is 11.3 Å². The van der Waals surface area contributed by atoms with Gasteiger partial charge in [0.1, 0.15) is 0 Å². The summed E-state index contributed by atoms with van der Waals surface area (Å²) in [5.74, 6) is 1.05. The van der Waals surface area contributed by atoms with Crippen molar-refractivity contribution in [1.29, 1.82) is 0 Å². The number of imidazole rings is 1. The highest BCUT2D eigenvalue weighted by atomic mass is 32.2. The van der Waals surface area contributed by atoms with E-state index < -0.39 is 0 Å². The van der Waals surface area contributed by atoms with E-state index in [1.54, 1.807) is 0 Å². The van der Waals surface area contributed by atoms with E-state index in [1.807, 2.05) is 11.8 Å². The maximum absolute atomic E-state index is 4.52. The zero-order chi connectivity index (χ0) is 10.8. The predicted molar refractivity (Wildman–Crippen MR) is 66.7 cm³/mol. The van der Waals surface area contributed by atoms with Gasteiger partial charge in [0.15, 0.2) is 0 Å². The maximum Gasteiger partial charge on any atom is 0.203 e. The van der Waals surface area contributed by atoms with Crippen LogP contribution in [0.2, 0.25) is 0 Å². The molecule has 0 saturated heterocycles. The molecular weight excluding hydrogens is 206 g/mol. The van der Waals surface area contributed by atoms with Gasteiger partial charge >= 0.3 is 0 Å². The van der Waals surface area contributed by atoms with Gasteiger partial charge in [-0.2, -0.15) is 11.8 Å². The lowest BCUT2D eigenvalue weighted by molar-refractivity contribution is 0.741. The molecule has 1 aromatic rings. The lowest BCUT2D eigenvalue weighted by Crippen LogP contribution is -2.15. The highest BCUT2D eigenvalue weighted by molar-refractivity contribution is 7.99. The summed E-state index contributed by atoms with van der Waals surface area (Å²) in [6, 6.07) is 0.707. The number of aryl methyl sites for hydroxylation is 1. The Morgan fingerprint density at radius 1 is 1.67 bits per heavy atom. The van der Waals surface area contributed by atoms with Crippen molar-refractivity contribution in [3.05, 3.63) is 11.9 Å². The maximum atomic E-state index is 4.52. The minimum Gasteiger partial charge on any atom is -0.355 e. The number of hydrogen-bond acceptors (Lipinski definition) is 3. The quantitative estimate of drug-likeness (QED) is 0.835. The molecule has 0 aliphatic heterocycles. The summed E-state index contributed by atoms with van der Waals surface area (Å²) in [4.78, 5) is 4.52. The van der Waals surface area contributed by atoms with Crippen molar-refractivity contribution < 1.29 is 0 Å². The van der Waals surface area contributed by atoms with Gasteiger partial charge in [0, 0.05) is 24.0 Å². The fourth-order valence-electron chi connectivity index (χ4n) is 1.60. The van der Waals surface area contributed by atoms with E-state index in [1.165, 1.54) is 12.8 Å². The Kier molecular flexibility index (Phi) is 3.24. The largest absolute Gasteiger partial charge is 0.355 e. The molecule has 15 heavy (non-hydrogen) atoms. The molecule has 1 saturated carbocycles. The van der Waals surface area contributed by atoms with E-state index in [2.05, 4.69) is 41.2 Å². The second-order valence-corrected chi connectivity index (χ2v) is 5.55. The summed E-state index contributed by atoms with van der Waals surface area (Å²) in [6.07, 6.45) is 6.92. The molecule has 84 valence electrons. The molecule has 4 heteroatoms. The smallest absolute Gasteiger partial charge is 0.203 e. The number of rotatable bonds is 5. The van der Waals surface area contributed by atoms with Crippen LogP contribution in [0.3, 0.4) is 0 Å². The third kappa shape index (κ3) is 2.68. The molecule has 0 bridgehead atoms. The summed E-state index contributed by atoms with van der Waals surface area (Å²) < 4.78 is 2.29. The number of anilines is 1. The molecule has 1 atom stereocenters. The normalized spacial score (nSPS) is 17.8. The summed E-state index contributed by atoms with van der Waals surface area (Å²) in [7, 11) is 0. The molecule has 3 nitrogen and oxygen atoms in total. The Balaban J connectivity index is 2.00. The molecule has 1 aliphatic carbocycles. The molecule has 1 aromatic heterocycles. The Hall–Kier alpha value is -0.640. The Bertz CT molecular complexity index is 331. The first kappa shape index (κ1) is 10.9. The van der Waals surface area contributed by atoms with E-state index >= 15 is 0 Å². The number of hydrogen-bond donors (Lipinski definition) is 1. The standard InChI is InChI=1S/C11H19N3S/c1-8-7-14(10-4-5-10)11(13-8)12-6-9(2)15-3/h7,9-10H,4-6H2,1-3H3,(H,12,13). The van der Waals surface area contributed by atoms with Crippen LogP contribution in [0, 0.1) is 6.92 Å². The average molecular weight is 225 g/mol. The molecule has 1 aliphatic rings. The van der Waals surface area contributed by atoms with Gasteiger partial charge in [-0.05, 0) is 26.0 Å². The first-order chi connectivity index (χ1) is 7.20. The van der Waals surface area contributed by atoms with Gasteiger partial charge in [0.05, 0.1) is 5.69 Å². The van der Waals surface area contributed by atoms with Crippen LogP contribution in [0.25, 0.3) is 0 Å². The van der Waals surface area contributed by atoms with Gasteiger partial charge in [-0.3, -0.25) is 0 Å². The van der Waals surface area contributed by atoms with Crippen LogP contribution in [0.5, 0.6) is 0 Å². The van der Waals surface area contributed by atoms with Crippen LogP contribution in [0.1, 0.15) is 31.5 Å². The van der Waals surface area contributed by atoms with Crippen LogP contribution in [-0.2, 0) is 0 Å². The molecule has 0 spiro atoms. The van der Waals surface area contributed by atoms with Crippen molar-refractivity contribution in [2.45, 2.75) is 38.0 Å². The van der Waals surface area contributed by atoms with Crippen LogP contribution >= 0.6 is 11.8 Å². The van der Waals surface area contributed by atoms with Crippen molar-refractivity contribution in [3.8, 4) is 0 Å². The third-order valence-electron chi connectivity index (χ3n) is 2.74. The third-order valence-corrected chi connectivity index (χ3v) is 3.71. The van der Waals surface area contributed by atoms with Crippen molar-refractivity contribution in [1.82, 2.24) is 9.55 Å². The van der Waals surface area contributed by atoms with E-state index in [9.17, 15) is 0 Å². The molecule has 1 unspecified atom stereocenters. The first-order valence-electron chi connectivity index (χ1n) is 5.53. The zero-order valence-electron chi connectivity index (χ0n) is 9.66. The molecule has 0 radical (unpaired) electrons.